The number of anilines is 1. The Bertz CT molecular complexity index is 987. The molecule has 27 heavy (non-hydrogen) atoms. The van der Waals surface area contributed by atoms with Gasteiger partial charge in [-0.1, -0.05) is 29.5 Å². The predicted octanol–water partition coefficient (Wildman–Crippen LogP) is 4.89. The molecule has 1 aromatic heterocycles. The highest BCUT2D eigenvalue weighted by atomic mass is 32.2. The zero-order chi connectivity index (χ0) is 19.6. The Morgan fingerprint density at radius 1 is 1.19 bits per heavy atom. The molecule has 0 aliphatic heterocycles. The number of hydrogen-bond donors (Lipinski definition) is 1. The van der Waals surface area contributed by atoms with Crippen molar-refractivity contribution in [1.29, 1.82) is 0 Å². The first-order chi connectivity index (χ1) is 12.8. The second-order valence-electron chi connectivity index (χ2n) is 6.24. The highest BCUT2D eigenvalue weighted by Gasteiger charge is 2.19. The van der Waals surface area contributed by atoms with Crippen LogP contribution in [-0.4, -0.2) is 20.7 Å². The SMILES string of the molecule is Cc1ccc(-n2ccnc2SC(C)C(=O)Nc2ccc(F)cc2F)c(C)c1. The van der Waals surface area contributed by atoms with Gasteiger partial charge in [-0.2, -0.15) is 0 Å². The molecule has 0 aliphatic carbocycles. The Balaban J connectivity index is 1.76. The summed E-state index contributed by atoms with van der Waals surface area (Å²) in [5.41, 5.74) is 3.20. The van der Waals surface area contributed by atoms with Gasteiger partial charge in [0.2, 0.25) is 5.91 Å². The second kappa shape index (κ2) is 7.92. The number of aryl methyl sites for hydroxylation is 2. The lowest BCUT2D eigenvalue weighted by atomic mass is 10.1. The molecule has 7 heteroatoms. The number of carbonyl (C=O) groups is 1. The number of carbonyl (C=O) groups excluding carboxylic acids is 1. The summed E-state index contributed by atoms with van der Waals surface area (Å²) in [7, 11) is 0. The largest absolute Gasteiger partial charge is 0.323 e. The number of rotatable bonds is 5. The molecule has 0 radical (unpaired) electrons. The first-order valence-corrected chi connectivity index (χ1v) is 9.26. The molecule has 1 atom stereocenters. The van der Waals surface area contributed by atoms with Crippen LogP contribution >= 0.6 is 11.8 Å². The van der Waals surface area contributed by atoms with Crippen molar-refractivity contribution in [2.24, 2.45) is 0 Å². The van der Waals surface area contributed by atoms with Crippen LogP contribution in [0.4, 0.5) is 14.5 Å². The van der Waals surface area contributed by atoms with E-state index < -0.39 is 16.9 Å². The van der Waals surface area contributed by atoms with Crippen LogP contribution in [0.15, 0.2) is 53.9 Å². The lowest BCUT2D eigenvalue weighted by molar-refractivity contribution is -0.115. The second-order valence-corrected chi connectivity index (χ2v) is 7.55. The molecule has 3 aromatic rings. The lowest BCUT2D eigenvalue weighted by Crippen LogP contribution is -2.23. The number of amides is 1. The van der Waals surface area contributed by atoms with E-state index in [9.17, 15) is 13.6 Å². The molecule has 0 saturated carbocycles. The monoisotopic (exact) mass is 387 g/mol. The molecule has 4 nitrogen and oxygen atoms in total. The van der Waals surface area contributed by atoms with Gasteiger partial charge in [0.05, 0.1) is 16.6 Å². The molecular formula is C20H19F2N3OS. The van der Waals surface area contributed by atoms with Crippen LogP contribution in [0.25, 0.3) is 5.69 Å². The summed E-state index contributed by atoms with van der Waals surface area (Å²) in [6, 6.07) is 9.15. The van der Waals surface area contributed by atoms with E-state index in [4.69, 9.17) is 0 Å². The van der Waals surface area contributed by atoms with E-state index in [1.807, 2.05) is 36.7 Å². The third-order valence-corrected chi connectivity index (χ3v) is 5.14. The van der Waals surface area contributed by atoms with E-state index in [1.54, 1.807) is 13.1 Å². The van der Waals surface area contributed by atoms with Gasteiger partial charge < -0.3 is 5.32 Å². The number of thioether (sulfide) groups is 1. The van der Waals surface area contributed by atoms with Crippen LogP contribution in [0.3, 0.4) is 0 Å². The molecule has 3 rings (SSSR count). The minimum absolute atomic E-state index is 0.0495. The Hall–Kier alpha value is -2.67. The van der Waals surface area contributed by atoms with Crippen molar-refractivity contribution in [3.8, 4) is 5.69 Å². The van der Waals surface area contributed by atoms with Crippen molar-refractivity contribution < 1.29 is 13.6 Å². The summed E-state index contributed by atoms with van der Waals surface area (Å²) in [6.07, 6.45) is 3.51. The van der Waals surface area contributed by atoms with Gasteiger partial charge in [0.25, 0.3) is 0 Å². The Labute approximate surface area is 160 Å². The topological polar surface area (TPSA) is 46.9 Å². The first kappa shape index (κ1) is 19.1. The number of benzene rings is 2. The van der Waals surface area contributed by atoms with E-state index in [-0.39, 0.29) is 11.6 Å². The average Bonchev–Trinajstić information content (AvgIpc) is 3.05. The fourth-order valence-corrected chi connectivity index (χ4v) is 3.55. The quantitative estimate of drug-likeness (QED) is 0.634. The van der Waals surface area contributed by atoms with Crippen LogP contribution in [0.1, 0.15) is 18.1 Å². The van der Waals surface area contributed by atoms with Gasteiger partial charge in [-0.3, -0.25) is 9.36 Å². The molecule has 0 spiro atoms. The van der Waals surface area contributed by atoms with Crippen LogP contribution in [0.2, 0.25) is 0 Å². The highest BCUT2D eigenvalue weighted by molar-refractivity contribution is 8.00. The fourth-order valence-electron chi connectivity index (χ4n) is 2.67. The van der Waals surface area contributed by atoms with E-state index in [1.165, 1.54) is 23.4 Å². The van der Waals surface area contributed by atoms with Crippen molar-refractivity contribution in [1.82, 2.24) is 9.55 Å². The van der Waals surface area contributed by atoms with Gasteiger partial charge in [0.15, 0.2) is 5.16 Å². The summed E-state index contributed by atoms with van der Waals surface area (Å²) < 4.78 is 28.6. The zero-order valence-corrected chi connectivity index (χ0v) is 16.0. The third-order valence-electron chi connectivity index (χ3n) is 4.06. The maximum absolute atomic E-state index is 13.7. The number of nitrogens with zero attached hydrogens (tertiary/aromatic N) is 2. The standard InChI is InChI=1S/C20H19F2N3OS/c1-12-4-7-18(13(2)10-12)25-9-8-23-20(25)27-14(3)19(26)24-17-6-5-15(21)11-16(17)22/h4-11,14H,1-3H3,(H,24,26). The molecule has 1 N–H and O–H groups in total. The van der Waals surface area contributed by atoms with E-state index in [0.717, 1.165) is 23.4 Å². The molecule has 2 aromatic carbocycles. The van der Waals surface area contributed by atoms with Crippen molar-refractivity contribution in [2.45, 2.75) is 31.2 Å². The van der Waals surface area contributed by atoms with E-state index in [2.05, 4.69) is 16.4 Å². The van der Waals surface area contributed by atoms with Crippen molar-refractivity contribution in [2.75, 3.05) is 5.32 Å². The zero-order valence-electron chi connectivity index (χ0n) is 15.2. The summed E-state index contributed by atoms with van der Waals surface area (Å²) in [6.45, 7) is 5.76. The van der Waals surface area contributed by atoms with Crippen molar-refractivity contribution >= 4 is 23.4 Å². The van der Waals surface area contributed by atoms with Crippen LogP contribution in [0, 0.1) is 25.5 Å². The van der Waals surface area contributed by atoms with Crippen molar-refractivity contribution in [3.63, 3.8) is 0 Å². The molecular weight excluding hydrogens is 368 g/mol. The van der Waals surface area contributed by atoms with Gasteiger partial charge in [0, 0.05) is 18.5 Å². The Kier molecular flexibility index (Phi) is 5.60. The molecule has 1 amide bonds. The van der Waals surface area contributed by atoms with Crippen LogP contribution in [-0.2, 0) is 4.79 Å². The number of imidazole rings is 1. The van der Waals surface area contributed by atoms with Crippen LogP contribution in [0.5, 0.6) is 0 Å². The molecule has 0 fully saturated rings. The Morgan fingerprint density at radius 3 is 2.67 bits per heavy atom. The van der Waals surface area contributed by atoms with Crippen LogP contribution < -0.4 is 5.32 Å². The normalized spacial score (nSPS) is 12.0. The Morgan fingerprint density at radius 2 is 1.96 bits per heavy atom. The predicted molar refractivity (Wildman–Crippen MR) is 103 cm³/mol. The van der Waals surface area contributed by atoms with Gasteiger partial charge in [-0.05, 0) is 44.5 Å². The van der Waals surface area contributed by atoms with Gasteiger partial charge >= 0.3 is 0 Å². The summed E-state index contributed by atoms with van der Waals surface area (Å²) in [4.78, 5) is 16.7. The summed E-state index contributed by atoms with van der Waals surface area (Å²) in [5.74, 6) is -1.89. The van der Waals surface area contributed by atoms with Gasteiger partial charge in [-0.15, -0.1) is 0 Å². The minimum Gasteiger partial charge on any atom is -0.323 e. The highest BCUT2D eigenvalue weighted by Crippen LogP contribution is 2.27. The smallest absolute Gasteiger partial charge is 0.237 e. The molecule has 0 saturated heterocycles. The van der Waals surface area contributed by atoms with E-state index in [0.29, 0.717) is 5.16 Å². The summed E-state index contributed by atoms with van der Waals surface area (Å²) >= 11 is 1.26. The van der Waals surface area contributed by atoms with Gasteiger partial charge in [-0.25, -0.2) is 13.8 Å². The molecule has 140 valence electrons. The maximum atomic E-state index is 13.7. The van der Waals surface area contributed by atoms with Crippen molar-refractivity contribution in [3.05, 3.63) is 71.6 Å². The molecule has 0 aliphatic rings. The van der Waals surface area contributed by atoms with E-state index >= 15 is 0 Å². The number of aromatic nitrogens is 2. The minimum atomic E-state index is -0.808. The number of nitrogens with one attached hydrogen (secondary N) is 1. The average molecular weight is 387 g/mol. The third kappa shape index (κ3) is 4.36. The maximum Gasteiger partial charge on any atom is 0.237 e. The number of hydrogen-bond acceptors (Lipinski definition) is 3. The lowest BCUT2D eigenvalue weighted by Gasteiger charge is -2.15. The molecule has 1 heterocycles. The number of halogens is 2. The molecule has 1 unspecified atom stereocenters. The first-order valence-electron chi connectivity index (χ1n) is 8.38. The fraction of sp³-hybridized carbons (Fsp3) is 0.200. The van der Waals surface area contributed by atoms with Gasteiger partial charge in [0.1, 0.15) is 11.6 Å². The summed E-state index contributed by atoms with van der Waals surface area (Å²) in [5, 5.41) is 2.62. The molecule has 0 bridgehead atoms.